The first-order valence-corrected chi connectivity index (χ1v) is 14.8. The predicted octanol–water partition coefficient (Wildman–Crippen LogP) is 4.27. The van der Waals surface area contributed by atoms with Crippen molar-refractivity contribution in [3.05, 3.63) is 69.2 Å². The van der Waals surface area contributed by atoms with Crippen LogP contribution in [0.5, 0.6) is 0 Å². The number of carbonyl (C=O) groups excluding carboxylic acids is 2. The van der Waals surface area contributed by atoms with Crippen molar-refractivity contribution in [1.82, 2.24) is 10.2 Å². The number of nitrogens with one attached hydrogen (secondary N) is 1. The number of anilines is 1. The maximum atomic E-state index is 13.8. The molecule has 38 heavy (non-hydrogen) atoms. The number of carbonyl (C=O) groups is 2. The van der Waals surface area contributed by atoms with Crippen LogP contribution in [-0.2, 0) is 26.2 Å². The normalized spacial score (nSPS) is 14.9. The molecule has 206 valence electrons. The lowest BCUT2D eigenvalue weighted by Crippen LogP contribution is -2.54. The minimum Gasteiger partial charge on any atom is -0.352 e. The summed E-state index contributed by atoms with van der Waals surface area (Å²) in [7, 11) is -4.01. The van der Waals surface area contributed by atoms with Gasteiger partial charge in [0.25, 0.3) is 5.69 Å². The molecule has 1 aliphatic rings. The molecule has 2 aromatic rings. The van der Waals surface area contributed by atoms with Gasteiger partial charge in [0, 0.05) is 29.7 Å². The summed E-state index contributed by atoms with van der Waals surface area (Å²) in [5, 5.41) is 14.7. The van der Waals surface area contributed by atoms with E-state index in [4.69, 9.17) is 11.6 Å². The third-order valence-corrected chi connectivity index (χ3v) is 8.15. The van der Waals surface area contributed by atoms with E-state index in [9.17, 15) is 28.1 Å². The molecule has 2 amide bonds. The van der Waals surface area contributed by atoms with Crippen molar-refractivity contribution in [3.8, 4) is 0 Å². The summed E-state index contributed by atoms with van der Waals surface area (Å²) in [5.74, 6) is -0.937. The molecule has 2 aromatic carbocycles. The summed E-state index contributed by atoms with van der Waals surface area (Å²) in [4.78, 5) is 39.1. The number of nitrogens with zero attached hydrogens (tertiary/aromatic N) is 3. The number of nitro benzene ring substituents is 1. The van der Waals surface area contributed by atoms with Gasteiger partial charge in [-0.05, 0) is 37.0 Å². The molecule has 12 heteroatoms. The summed E-state index contributed by atoms with van der Waals surface area (Å²) < 4.78 is 26.2. The number of hydrogen-bond acceptors (Lipinski definition) is 6. The van der Waals surface area contributed by atoms with Gasteiger partial charge < -0.3 is 10.2 Å². The van der Waals surface area contributed by atoms with Crippen LogP contribution in [0.3, 0.4) is 0 Å². The van der Waals surface area contributed by atoms with Crippen molar-refractivity contribution in [2.45, 2.75) is 64.1 Å². The fraction of sp³-hybridized carbons (Fsp3) is 0.462. The van der Waals surface area contributed by atoms with Crippen molar-refractivity contribution in [2.24, 2.45) is 0 Å². The van der Waals surface area contributed by atoms with Gasteiger partial charge in [-0.1, -0.05) is 62.1 Å². The minimum atomic E-state index is -4.01. The van der Waals surface area contributed by atoms with E-state index in [0.29, 0.717) is 17.0 Å². The first kappa shape index (κ1) is 29.4. The zero-order valence-corrected chi connectivity index (χ0v) is 23.1. The highest BCUT2D eigenvalue weighted by atomic mass is 35.5. The van der Waals surface area contributed by atoms with E-state index in [0.717, 1.165) is 48.7 Å². The minimum absolute atomic E-state index is 0.0123. The van der Waals surface area contributed by atoms with E-state index in [1.165, 1.54) is 23.1 Å². The Morgan fingerprint density at radius 2 is 1.82 bits per heavy atom. The van der Waals surface area contributed by atoms with E-state index >= 15 is 0 Å². The highest BCUT2D eigenvalue weighted by Gasteiger charge is 2.33. The first-order chi connectivity index (χ1) is 18.0. The molecule has 0 saturated heterocycles. The Balaban J connectivity index is 1.95. The Bertz CT molecular complexity index is 1270. The summed E-state index contributed by atoms with van der Waals surface area (Å²) in [6, 6.07) is 11.1. The Hall–Kier alpha value is -3.18. The Morgan fingerprint density at radius 1 is 1.13 bits per heavy atom. The van der Waals surface area contributed by atoms with Crippen LogP contribution < -0.4 is 9.62 Å². The molecular weight excluding hydrogens is 532 g/mol. The van der Waals surface area contributed by atoms with Gasteiger partial charge >= 0.3 is 0 Å². The number of amides is 2. The number of nitro groups is 1. The second-order valence-corrected chi connectivity index (χ2v) is 11.7. The molecule has 1 aliphatic carbocycles. The van der Waals surface area contributed by atoms with Crippen LogP contribution in [0.4, 0.5) is 11.4 Å². The van der Waals surface area contributed by atoms with Crippen LogP contribution in [0.1, 0.15) is 51.0 Å². The molecule has 0 heterocycles. The first-order valence-electron chi connectivity index (χ1n) is 12.6. The summed E-state index contributed by atoms with van der Waals surface area (Å²) >= 11 is 6.37. The Kier molecular flexibility index (Phi) is 10.1. The van der Waals surface area contributed by atoms with Crippen LogP contribution in [-0.4, -0.2) is 54.9 Å². The summed E-state index contributed by atoms with van der Waals surface area (Å²) in [5.41, 5.74) is 0.273. The summed E-state index contributed by atoms with van der Waals surface area (Å²) in [6.45, 7) is 1.13. The second-order valence-electron chi connectivity index (χ2n) is 9.43. The maximum Gasteiger partial charge on any atom is 0.271 e. The molecule has 0 spiro atoms. The number of hydrogen-bond donors (Lipinski definition) is 1. The second kappa shape index (κ2) is 13.1. The van der Waals surface area contributed by atoms with Gasteiger partial charge in [-0.3, -0.25) is 24.0 Å². The molecule has 1 saturated carbocycles. The van der Waals surface area contributed by atoms with Gasteiger partial charge in [0.1, 0.15) is 12.6 Å². The van der Waals surface area contributed by atoms with Crippen molar-refractivity contribution in [1.29, 1.82) is 0 Å². The van der Waals surface area contributed by atoms with E-state index in [2.05, 4.69) is 5.32 Å². The summed E-state index contributed by atoms with van der Waals surface area (Å²) in [6.07, 6.45) is 6.13. The molecule has 0 bridgehead atoms. The van der Waals surface area contributed by atoms with Gasteiger partial charge in [0.2, 0.25) is 21.8 Å². The molecule has 1 atom stereocenters. The fourth-order valence-corrected chi connectivity index (χ4v) is 5.69. The van der Waals surface area contributed by atoms with Crippen LogP contribution in [0.2, 0.25) is 5.02 Å². The Labute approximate surface area is 228 Å². The van der Waals surface area contributed by atoms with Gasteiger partial charge in [0.05, 0.1) is 16.9 Å². The monoisotopic (exact) mass is 564 g/mol. The quantitative estimate of drug-likeness (QED) is 0.320. The van der Waals surface area contributed by atoms with Crippen molar-refractivity contribution in [2.75, 3.05) is 17.1 Å². The average Bonchev–Trinajstić information content (AvgIpc) is 2.88. The van der Waals surface area contributed by atoms with Crippen LogP contribution in [0.15, 0.2) is 48.5 Å². The van der Waals surface area contributed by atoms with E-state index in [-0.39, 0.29) is 29.9 Å². The molecule has 3 rings (SSSR count). The number of halogens is 1. The Morgan fingerprint density at radius 3 is 2.42 bits per heavy atom. The molecule has 1 N–H and O–H groups in total. The van der Waals surface area contributed by atoms with Gasteiger partial charge in [-0.25, -0.2) is 8.42 Å². The lowest BCUT2D eigenvalue weighted by molar-refractivity contribution is -0.384. The molecule has 0 aliphatic heterocycles. The van der Waals surface area contributed by atoms with Crippen molar-refractivity contribution >= 4 is 44.8 Å². The lowest BCUT2D eigenvalue weighted by atomic mass is 9.95. The third kappa shape index (κ3) is 7.67. The molecular formula is C26H33ClN4O6S. The van der Waals surface area contributed by atoms with Crippen molar-refractivity contribution in [3.63, 3.8) is 0 Å². The van der Waals surface area contributed by atoms with Crippen LogP contribution in [0, 0.1) is 10.1 Å². The highest BCUT2D eigenvalue weighted by Crippen LogP contribution is 2.25. The van der Waals surface area contributed by atoms with Gasteiger partial charge in [0.15, 0.2) is 0 Å². The SMILES string of the molecule is CCC(C(=O)NC1CCCCC1)N(Cc1ccccc1Cl)C(=O)CN(c1cccc([N+](=O)[O-])c1)S(C)(=O)=O. The van der Waals surface area contributed by atoms with E-state index in [1.54, 1.807) is 31.2 Å². The zero-order chi connectivity index (χ0) is 27.9. The topological polar surface area (TPSA) is 130 Å². The smallest absolute Gasteiger partial charge is 0.271 e. The molecule has 0 aromatic heterocycles. The number of sulfonamides is 1. The predicted molar refractivity (Wildman–Crippen MR) is 146 cm³/mol. The molecule has 10 nitrogen and oxygen atoms in total. The fourth-order valence-electron chi connectivity index (χ4n) is 4.65. The standard InChI is InChI=1S/C26H33ClN4O6S/c1-3-24(26(33)28-20-11-5-4-6-12-20)29(17-19-10-7-8-15-23(19)27)25(32)18-30(38(2,36)37)21-13-9-14-22(16-21)31(34)35/h7-10,13-16,20,24H,3-6,11-12,17-18H2,1-2H3,(H,28,33). The van der Waals surface area contributed by atoms with E-state index in [1.807, 2.05) is 0 Å². The van der Waals surface area contributed by atoms with Crippen LogP contribution >= 0.6 is 11.6 Å². The highest BCUT2D eigenvalue weighted by molar-refractivity contribution is 7.92. The zero-order valence-electron chi connectivity index (χ0n) is 21.5. The lowest BCUT2D eigenvalue weighted by Gasteiger charge is -2.34. The maximum absolute atomic E-state index is 13.8. The third-order valence-electron chi connectivity index (χ3n) is 6.64. The molecule has 1 fully saturated rings. The van der Waals surface area contributed by atoms with Crippen molar-refractivity contribution < 1.29 is 22.9 Å². The van der Waals surface area contributed by atoms with Gasteiger partial charge in [-0.15, -0.1) is 0 Å². The molecule has 0 radical (unpaired) electrons. The average molecular weight is 565 g/mol. The largest absolute Gasteiger partial charge is 0.352 e. The van der Waals surface area contributed by atoms with Gasteiger partial charge in [-0.2, -0.15) is 0 Å². The molecule has 1 unspecified atom stereocenters. The van der Waals surface area contributed by atoms with Crippen LogP contribution in [0.25, 0.3) is 0 Å². The number of rotatable bonds is 11. The number of benzene rings is 2. The van der Waals surface area contributed by atoms with E-state index < -0.39 is 33.4 Å². The number of non-ortho nitro benzene ring substituents is 1.